The van der Waals surface area contributed by atoms with E-state index in [0.717, 1.165) is 46.5 Å². The van der Waals surface area contributed by atoms with Gasteiger partial charge in [0.1, 0.15) is 5.01 Å². The van der Waals surface area contributed by atoms with Gasteiger partial charge < -0.3 is 5.32 Å². The third-order valence-corrected chi connectivity index (χ3v) is 5.76. The van der Waals surface area contributed by atoms with Crippen LogP contribution in [0, 0.1) is 0 Å². The molecule has 132 valence electrons. The summed E-state index contributed by atoms with van der Waals surface area (Å²) < 4.78 is 3.10. The number of benzene rings is 2. The highest BCUT2D eigenvalue weighted by Crippen LogP contribution is 2.33. The molecule has 0 radical (unpaired) electrons. The number of hydrogen-bond donors (Lipinski definition) is 1. The molecule has 0 fully saturated rings. The van der Waals surface area contributed by atoms with Crippen LogP contribution in [0.15, 0.2) is 48.7 Å². The van der Waals surface area contributed by atoms with Gasteiger partial charge in [0.25, 0.3) is 0 Å². The molecule has 5 rings (SSSR count). The van der Waals surface area contributed by atoms with Crippen molar-refractivity contribution >= 4 is 50.4 Å². The lowest BCUT2D eigenvalue weighted by Gasteiger charge is -2.13. The van der Waals surface area contributed by atoms with Crippen LogP contribution in [0.2, 0.25) is 0 Å². The first kappa shape index (κ1) is 17.2. The fourth-order valence-corrected chi connectivity index (χ4v) is 4.42. The van der Waals surface area contributed by atoms with Crippen molar-refractivity contribution in [2.75, 3.05) is 13.1 Å². The maximum absolute atomic E-state index is 4.84. The monoisotopic (exact) mass is 382 g/mol. The molecule has 1 N–H and O–H groups in total. The van der Waals surface area contributed by atoms with Crippen LogP contribution in [0.1, 0.15) is 12.0 Å². The van der Waals surface area contributed by atoms with Crippen LogP contribution in [0.3, 0.4) is 0 Å². The highest BCUT2D eigenvalue weighted by atomic mass is 35.5. The number of nitrogens with zero attached hydrogens (tertiary/aromatic N) is 3. The Balaban J connectivity index is 0.00000168. The van der Waals surface area contributed by atoms with E-state index in [4.69, 9.17) is 4.98 Å². The molecule has 2 aromatic heterocycles. The topological polar surface area (TPSA) is 42.7 Å². The molecule has 2 aromatic carbocycles. The van der Waals surface area contributed by atoms with Crippen LogP contribution in [-0.4, -0.2) is 27.9 Å². The number of halogens is 1. The van der Waals surface area contributed by atoms with Crippen molar-refractivity contribution in [2.24, 2.45) is 7.05 Å². The predicted molar refractivity (Wildman–Crippen MR) is 112 cm³/mol. The summed E-state index contributed by atoms with van der Waals surface area (Å²) in [6.45, 7) is 2.02. The highest BCUT2D eigenvalue weighted by molar-refractivity contribution is 7.21. The number of rotatable bonds is 2. The van der Waals surface area contributed by atoms with Crippen LogP contribution in [-0.2, 0) is 7.05 Å². The van der Waals surface area contributed by atoms with E-state index in [1.807, 2.05) is 17.9 Å². The highest BCUT2D eigenvalue weighted by Gasteiger charge is 2.11. The number of fused-ring (bicyclic) bond motifs is 2. The molecule has 0 unspecified atom stereocenters. The first-order chi connectivity index (χ1) is 12.3. The van der Waals surface area contributed by atoms with Gasteiger partial charge in [0.2, 0.25) is 0 Å². The molecular weight excluding hydrogens is 364 g/mol. The second-order valence-electron chi connectivity index (χ2n) is 6.46. The van der Waals surface area contributed by atoms with Crippen LogP contribution < -0.4 is 5.32 Å². The number of hydrogen-bond acceptors (Lipinski definition) is 4. The third kappa shape index (κ3) is 3.03. The van der Waals surface area contributed by atoms with Crippen molar-refractivity contribution in [3.63, 3.8) is 0 Å². The molecule has 4 aromatic rings. The molecule has 0 saturated carbocycles. The number of nitrogens with one attached hydrogen (secondary N) is 1. The van der Waals surface area contributed by atoms with E-state index in [-0.39, 0.29) is 12.4 Å². The molecule has 1 aliphatic heterocycles. The Kier molecular flexibility index (Phi) is 4.53. The second-order valence-corrected chi connectivity index (χ2v) is 7.49. The molecule has 0 saturated heterocycles. The van der Waals surface area contributed by atoms with E-state index in [2.05, 4.69) is 52.9 Å². The normalized spacial score (nSPS) is 14.4. The van der Waals surface area contributed by atoms with Crippen LogP contribution in [0.5, 0.6) is 0 Å². The Morgan fingerprint density at radius 2 is 1.92 bits per heavy atom. The fraction of sp³-hybridized carbons (Fsp3) is 0.200. The smallest absolute Gasteiger partial charge is 0.124 e. The largest absolute Gasteiger partial charge is 0.313 e. The molecular formula is C20H19ClN4S. The molecule has 0 bridgehead atoms. The molecule has 0 amide bonds. The molecule has 0 aliphatic carbocycles. The number of thiazole rings is 1. The zero-order valence-electron chi connectivity index (χ0n) is 14.4. The fourth-order valence-electron chi connectivity index (χ4n) is 3.41. The van der Waals surface area contributed by atoms with Gasteiger partial charge in [-0.2, -0.15) is 5.10 Å². The lowest BCUT2D eigenvalue weighted by molar-refractivity contribution is 0.739. The summed E-state index contributed by atoms with van der Waals surface area (Å²) >= 11 is 1.76. The average molecular weight is 383 g/mol. The molecule has 3 heterocycles. The molecule has 4 nitrogen and oxygen atoms in total. The Bertz CT molecular complexity index is 1130. The van der Waals surface area contributed by atoms with Gasteiger partial charge in [0, 0.05) is 30.7 Å². The van der Waals surface area contributed by atoms with E-state index < -0.39 is 0 Å². The summed E-state index contributed by atoms with van der Waals surface area (Å²) in [6.07, 6.45) is 5.44. The molecule has 26 heavy (non-hydrogen) atoms. The van der Waals surface area contributed by atoms with Gasteiger partial charge in [0.05, 0.1) is 15.7 Å². The summed E-state index contributed by atoms with van der Waals surface area (Å²) in [5.74, 6) is 0. The number of aryl methyl sites for hydroxylation is 1. The van der Waals surface area contributed by atoms with Crippen molar-refractivity contribution < 1.29 is 0 Å². The summed E-state index contributed by atoms with van der Waals surface area (Å²) in [4.78, 5) is 4.84. The lowest BCUT2D eigenvalue weighted by atomic mass is 10.0. The van der Waals surface area contributed by atoms with E-state index >= 15 is 0 Å². The Morgan fingerprint density at radius 3 is 2.77 bits per heavy atom. The van der Waals surface area contributed by atoms with Gasteiger partial charge in [-0.25, -0.2) is 4.98 Å². The minimum Gasteiger partial charge on any atom is -0.313 e. The lowest BCUT2D eigenvalue weighted by Crippen LogP contribution is -2.19. The molecule has 0 spiro atoms. The van der Waals surface area contributed by atoms with Gasteiger partial charge in [-0.1, -0.05) is 12.1 Å². The zero-order valence-corrected chi connectivity index (χ0v) is 16.0. The van der Waals surface area contributed by atoms with E-state index in [1.165, 1.54) is 15.8 Å². The van der Waals surface area contributed by atoms with E-state index in [1.54, 1.807) is 11.3 Å². The minimum atomic E-state index is 0. The van der Waals surface area contributed by atoms with Gasteiger partial charge in [-0.3, -0.25) is 4.68 Å². The summed E-state index contributed by atoms with van der Waals surface area (Å²) in [6, 6.07) is 13.0. The standard InChI is InChI=1S/C20H18N4S.ClH/c1-24-12-16-10-15(3-4-17(16)23-24)20-22-18-5-2-14(11-19(18)25-20)13-6-8-21-9-7-13;/h2-6,10-12,21H,7-9H2,1H3;1H. The Labute approximate surface area is 162 Å². The quantitative estimate of drug-likeness (QED) is 0.548. The third-order valence-electron chi connectivity index (χ3n) is 4.69. The van der Waals surface area contributed by atoms with Gasteiger partial charge >= 0.3 is 0 Å². The van der Waals surface area contributed by atoms with Crippen molar-refractivity contribution in [3.8, 4) is 10.6 Å². The zero-order chi connectivity index (χ0) is 16.8. The van der Waals surface area contributed by atoms with Crippen LogP contribution >= 0.6 is 23.7 Å². The van der Waals surface area contributed by atoms with Crippen molar-refractivity contribution in [1.29, 1.82) is 0 Å². The van der Waals surface area contributed by atoms with E-state index in [0.29, 0.717) is 0 Å². The van der Waals surface area contributed by atoms with Crippen LogP contribution in [0.4, 0.5) is 0 Å². The second kappa shape index (κ2) is 6.83. The van der Waals surface area contributed by atoms with Crippen molar-refractivity contribution in [1.82, 2.24) is 20.1 Å². The van der Waals surface area contributed by atoms with E-state index in [9.17, 15) is 0 Å². The van der Waals surface area contributed by atoms with Gasteiger partial charge in [-0.05, 0) is 54.4 Å². The van der Waals surface area contributed by atoms with Gasteiger partial charge in [-0.15, -0.1) is 23.7 Å². The average Bonchev–Trinajstić information content (AvgIpc) is 3.23. The van der Waals surface area contributed by atoms with Gasteiger partial charge in [0.15, 0.2) is 0 Å². The Morgan fingerprint density at radius 1 is 1.08 bits per heavy atom. The van der Waals surface area contributed by atoms with Crippen molar-refractivity contribution in [2.45, 2.75) is 6.42 Å². The summed E-state index contributed by atoms with van der Waals surface area (Å²) in [5, 5.41) is 10.0. The maximum Gasteiger partial charge on any atom is 0.124 e. The SMILES string of the molecule is Cl.Cn1cc2cc(-c3nc4ccc(C5=CCNCC5)cc4s3)ccc2n1. The van der Waals surface area contributed by atoms with Crippen molar-refractivity contribution in [3.05, 3.63) is 54.2 Å². The first-order valence-corrected chi connectivity index (χ1v) is 9.32. The molecule has 0 atom stereocenters. The summed E-state index contributed by atoms with van der Waals surface area (Å²) in [5.41, 5.74) is 6.01. The predicted octanol–water partition coefficient (Wildman–Crippen LogP) is 4.65. The maximum atomic E-state index is 4.84. The molecule has 6 heteroatoms. The van der Waals surface area contributed by atoms with Crippen LogP contribution in [0.25, 0.3) is 37.3 Å². The summed E-state index contributed by atoms with van der Waals surface area (Å²) in [7, 11) is 1.95. The first-order valence-electron chi connectivity index (χ1n) is 8.51. The molecule has 1 aliphatic rings. The Hall–Kier alpha value is -2.21. The number of aromatic nitrogens is 3. The minimum absolute atomic E-state index is 0.